The predicted octanol–water partition coefficient (Wildman–Crippen LogP) is 3.47. The van der Waals surface area contributed by atoms with Crippen LogP contribution in [0.3, 0.4) is 0 Å². The molecule has 0 fully saturated rings. The minimum absolute atomic E-state index is 0.303. The van der Waals surface area contributed by atoms with Crippen molar-refractivity contribution in [2.75, 3.05) is 6.79 Å². The second-order valence-electron chi connectivity index (χ2n) is 5.62. The number of pyridine rings is 1. The summed E-state index contributed by atoms with van der Waals surface area (Å²) in [5.74, 6) is 1.64. The Morgan fingerprint density at radius 2 is 1.92 bits per heavy atom. The van der Waals surface area contributed by atoms with E-state index in [-0.39, 0.29) is 0 Å². The number of thiazole rings is 1. The molecule has 0 unspecified atom stereocenters. The standard InChI is InChI=1S/C18H17N3O2S/c1-2-15(9-19-5-1)11-21(12-18-20-6-7-24-18)10-14-3-4-16-17(8-14)23-13-22-16/h1-9H,10-13H2. The van der Waals surface area contributed by atoms with Crippen LogP contribution in [0.4, 0.5) is 0 Å². The number of benzene rings is 1. The van der Waals surface area contributed by atoms with Crippen molar-refractivity contribution >= 4 is 11.3 Å². The number of ether oxygens (including phenoxy) is 2. The van der Waals surface area contributed by atoms with E-state index < -0.39 is 0 Å². The van der Waals surface area contributed by atoms with E-state index in [1.54, 1.807) is 17.5 Å². The van der Waals surface area contributed by atoms with Crippen LogP contribution in [-0.2, 0) is 19.6 Å². The van der Waals surface area contributed by atoms with E-state index in [0.29, 0.717) is 6.79 Å². The van der Waals surface area contributed by atoms with Gasteiger partial charge in [0.2, 0.25) is 6.79 Å². The molecule has 3 aromatic rings. The molecule has 5 nitrogen and oxygen atoms in total. The van der Waals surface area contributed by atoms with E-state index in [4.69, 9.17) is 9.47 Å². The van der Waals surface area contributed by atoms with Crippen molar-refractivity contribution in [2.45, 2.75) is 19.6 Å². The number of rotatable bonds is 6. The number of nitrogens with zero attached hydrogens (tertiary/aromatic N) is 3. The van der Waals surface area contributed by atoms with Gasteiger partial charge in [0.25, 0.3) is 0 Å². The largest absolute Gasteiger partial charge is 0.454 e. The van der Waals surface area contributed by atoms with Crippen molar-refractivity contribution in [3.8, 4) is 11.5 Å². The van der Waals surface area contributed by atoms with Gasteiger partial charge in [-0.25, -0.2) is 4.98 Å². The Kier molecular flexibility index (Phi) is 4.40. The van der Waals surface area contributed by atoms with Crippen LogP contribution in [0.2, 0.25) is 0 Å². The molecule has 0 N–H and O–H groups in total. The van der Waals surface area contributed by atoms with Crippen molar-refractivity contribution in [3.05, 3.63) is 70.4 Å². The molecular weight excluding hydrogens is 322 g/mol. The molecule has 1 aliphatic heterocycles. The van der Waals surface area contributed by atoms with Gasteiger partial charge in [-0.05, 0) is 29.3 Å². The Labute approximate surface area is 144 Å². The van der Waals surface area contributed by atoms with Crippen molar-refractivity contribution in [1.82, 2.24) is 14.9 Å². The van der Waals surface area contributed by atoms with Gasteiger partial charge in [-0.1, -0.05) is 12.1 Å². The van der Waals surface area contributed by atoms with Crippen LogP contribution in [-0.4, -0.2) is 21.7 Å². The molecule has 122 valence electrons. The summed E-state index contributed by atoms with van der Waals surface area (Å²) in [6.07, 6.45) is 5.56. The van der Waals surface area contributed by atoms with Crippen LogP contribution in [0, 0.1) is 0 Å². The molecule has 6 heteroatoms. The second-order valence-corrected chi connectivity index (χ2v) is 6.60. The lowest BCUT2D eigenvalue weighted by Gasteiger charge is -2.21. The molecule has 1 aliphatic rings. The Morgan fingerprint density at radius 3 is 2.75 bits per heavy atom. The van der Waals surface area contributed by atoms with E-state index >= 15 is 0 Å². The Bertz CT molecular complexity index is 793. The number of hydrogen-bond acceptors (Lipinski definition) is 6. The first-order valence-electron chi connectivity index (χ1n) is 7.75. The minimum atomic E-state index is 0.303. The average molecular weight is 339 g/mol. The summed E-state index contributed by atoms with van der Waals surface area (Å²) in [4.78, 5) is 11.0. The van der Waals surface area contributed by atoms with Crippen LogP contribution in [0.25, 0.3) is 0 Å². The number of aromatic nitrogens is 2. The zero-order chi connectivity index (χ0) is 16.2. The van der Waals surface area contributed by atoms with Crippen LogP contribution in [0.1, 0.15) is 16.1 Å². The maximum absolute atomic E-state index is 5.48. The van der Waals surface area contributed by atoms with Crippen molar-refractivity contribution < 1.29 is 9.47 Å². The van der Waals surface area contributed by atoms with Crippen LogP contribution in [0.15, 0.2) is 54.3 Å². The van der Waals surface area contributed by atoms with Gasteiger partial charge in [0.15, 0.2) is 11.5 Å². The van der Waals surface area contributed by atoms with E-state index in [1.807, 2.05) is 29.9 Å². The van der Waals surface area contributed by atoms with Gasteiger partial charge in [-0.15, -0.1) is 11.3 Å². The van der Waals surface area contributed by atoms with Crippen LogP contribution < -0.4 is 9.47 Å². The average Bonchev–Trinajstić information content (AvgIpc) is 3.27. The second kappa shape index (κ2) is 6.98. The van der Waals surface area contributed by atoms with Gasteiger partial charge in [-0.2, -0.15) is 0 Å². The van der Waals surface area contributed by atoms with Gasteiger partial charge < -0.3 is 9.47 Å². The van der Waals surface area contributed by atoms with Crippen LogP contribution in [0.5, 0.6) is 11.5 Å². The van der Waals surface area contributed by atoms with Gasteiger partial charge in [-0.3, -0.25) is 9.88 Å². The number of hydrogen-bond donors (Lipinski definition) is 0. The quantitative estimate of drug-likeness (QED) is 0.688. The lowest BCUT2D eigenvalue weighted by atomic mass is 10.1. The maximum Gasteiger partial charge on any atom is 0.231 e. The first-order chi connectivity index (χ1) is 11.9. The third-order valence-corrected chi connectivity index (χ3v) is 4.58. The van der Waals surface area contributed by atoms with Crippen molar-refractivity contribution in [3.63, 3.8) is 0 Å². The molecule has 0 radical (unpaired) electrons. The fourth-order valence-electron chi connectivity index (χ4n) is 2.74. The molecule has 1 aromatic carbocycles. The normalized spacial score (nSPS) is 12.7. The molecule has 4 rings (SSSR count). The third kappa shape index (κ3) is 3.55. The Morgan fingerprint density at radius 1 is 1.00 bits per heavy atom. The smallest absolute Gasteiger partial charge is 0.231 e. The minimum Gasteiger partial charge on any atom is -0.454 e. The highest BCUT2D eigenvalue weighted by atomic mass is 32.1. The molecule has 0 saturated carbocycles. The Hall–Kier alpha value is -2.44. The molecule has 0 aliphatic carbocycles. The summed E-state index contributed by atoms with van der Waals surface area (Å²) >= 11 is 1.68. The lowest BCUT2D eigenvalue weighted by Crippen LogP contribution is -2.22. The van der Waals surface area contributed by atoms with Gasteiger partial charge in [0, 0.05) is 37.1 Å². The summed E-state index contributed by atoms with van der Waals surface area (Å²) in [6, 6.07) is 10.2. The van der Waals surface area contributed by atoms with Crippen molar-refractivity contribution in [1.29, 1.82) is 0 Å². The molecule has 0 amide bonds. The Balaban J connectivity index is 1.53. The molecule has 0 saturated heterocycles. The highest BCUT2D eigenvalue weighted by molar-refractivity contribution is 7.09. The molecule has 0 atom stereocenters. The zero-order valence-corrected chi connectivity index (χ0v) is 13.9. The third-order valence-electron chi connectivity index (χ3n) is 3.81. The molecule has 0 bridgehead atoms. The maximum atomic E-state index is 5.48. The molecular formula is C18H17N3O2S. The first-order valence-corrected chi connectivity index (χ1v) is 8.63. The summed E-state index contributed by atoms with van der Waals surface area (Å²) in [7, 11) is 0. The molecule has 2 aromatic heterocycles. The van der Waals surface area contributed by atoms with E-state index in [2.05, 4.69) is 33.1 Å². The molecule has 0 spiro atoms. The predicted molar refractivity (Wildman–Crippen MR) is 91.9 cm³/mol. The highest BCUT2D eigenvalue weighted by Gasteiger charge is 2.15. The van der Waals surface area contributed by atoms with E-state index in [1.165, 1.54) is 11.1 Å². The SMILES string of the molecule is c1cncc(CN(Cc2ccc3c(c2)OCO3)Cc2nccs2)c1. The zero-order valence-electron chi connectivity index (χ0n) is 13.1. The lowest BCUT2D eigenvalue weighted by molar-refractivity contribution is 0.174. The molecule has 3 heterocycles. The van der Waals surface area contributed by atoms with E-state index in [0.717, 1.165) is 36.1 Å². The van der Waals surface area contributed by atoms with Gasteiger partial charge >= 0.3 is 0 Å². The number of fused-ring (bicyclic) bond motifs is 1. The summed E-state index contributed by atoms with van der Waals surface area (Å²) in [5.41, 5.74) is 2.38. The van der Waals surface area contributed by atoms with Gasteiger partial charge in [0.05, 0.1) is 6.54 Å². The fourth-order valence-corrected chi connectivity index (χ4v) is 3.40. The molecule has 24 heavy (non-hydrogen) atoms. The highest BCUT2D eigenvalue weighted by Crippen LogP contribution is 2.33. The summed E-state index contributed by atoms with van der Waals surface area (Å²) in [6.45, 7) is 2.74. The topological polar surface area (TPSA) is 47.5 Å². The van der Waals surface area contributed by atoms with Crippen LogP contribution >= 0.6 is 11.3 Å². The first kappa shape index (κ1) is 15.1. The van der Waals surface area contributed by atoms with Crippen molar-refractivity contribution in [2.24, 2.45) is 0 Å². The van der Waals surface area contributed by atoms with Gasteiger partial charge in [0.1, 0.15) is 5.01 Å². The monoisotopic (exact) mass is 339 g/mol. The summed E-state index contributed by atoms with van der Waals surface area (Å²) in [5, 5.41) is 3.12. The fraction of sp³-hybridized carbons (Fsp3) is 0.222. The summed E-state index contributed by atoms with van der Waals surface area (Å²) < 4.78 is 10.9. The van der Waals surface area contributed by atoms with E-state index in [9.17, 15) is 0 Å².